The van der Waals surface area contributed by atoms with Gasteiger partial charge < -0.3 is 0 Å². The van der Waals surface area contributed by atoms with Crippen LogP contribution in [0.1, 0.15) is 10.4 Å². The summed E-state index contributed by atoms with van der Waals surface area (Å²) in [6, 6.07) is 9.89. The van der Waals surface area contributed by atoms with Crippen molar-refractivity contribution in [1.29, 1.82) is 0 Å². The van der Waals surface area contributed by atoms with Gasteiger partial charge in [0, 0.05) is 19.8 Å². The highest BCUT2D eigenvalue weighted by Gasteiger charge is 1.92. The molecule has 3 heteroatoms. The second-order valence-electron chi connectivity index (χ2n) is 3.05. The quantitative estimate of drug-likeness (QED) is 0.702. The highest BCUT2D eigenvalue weighted by molar-refractivity contribution is 9.10. The van der Waals surface area contributed by atoms with Crippen molar-refractivity contribution in [3.8, 4) is 0 Å². The highest BCUT2D eigenvalue weighted by Crippen LogP contribution is 2.22. The second kappa shape index (κ2) is 4.97. The molecule has 2 rings (SSSR count). The first-order chi connectivity index (χ1) is 7.24. The maximum atomic E-state index is 5.80. The normalized spacial score (nSPS) is 11.1. The Kier molecular flexibility index (Phi) is 3.62. The van der Waals surface area contributed by atoms with E-state index in [1.54, 1.807) is 11.3 Å². The molecule has 1 aromatic heterocycles. The largest absolute Gasteiger partial charge is 0.143 e. The lowest BCUT2D eigenvalue weighted by Crippen LogP contribution is -1.69. The Morgan fingerprint density at radius 2 is 1.87 bits per heavy atom. The Morgan fingerprint density at radius 1 is 1.13 bits per heavy atom. The Labute approximate surface area is 106 Å². The molecule has 0 aliphatic heterocycles. The van der Waals surface area contributed by atoms with Crippen LogP contribution in [0.3, 0.4) is 0 Å². The van der Waals surface area contributed by atoms with Crippen LogP contribution in [0, 0.1) is 0 Å². The first kappa shape index (κ1) is 10.9. The maximum Gasteiger partial charge on any atom is 0.0406 e. The molecule has 1 heterocycles. The summed E-state index contributed by atoms with van der Waals surface area (Å²) in [7, 11) is 0. The average molecular weight is 300 g/mol. The molecular formula is C12H8BrClS. The molecule has 0 amide bonds. The molecule has 0 spiro atoms. The van der Waals surface area contributed by atoms with Crippen LogP contribution in [0.4, 0.5) is 0 Å². The Hall–Kier alpha value is -0.570. The molecule has 1 aromatic carbocycles. The predicted octanol–water partition coefficient (Wildman–Crippen LogP) is 5.33. The van der Waals surface area contributed by atoms with Crippen molar-refractivity contribution in [2.24, 2.45) is 0 Å². The van der Waals surface area contributed by atoms with Crippen LogP contribution in [0.25, 0.3) is 12.2 Å². The van der Waals surface area contributed by atoms with Gasteiger partial charge in [0.15, 0.2) is 0 Å². The van der Waals surface area contributed by atoms with Gasteiger partial charge in [0.25, 0.3) is 0 Å². The molecule has 0 N–H and O–H groups in total. The summed E-state index contributed by atoms with van der Waals surface area (Å²) in [4.78, 5) is 1.23. The first-order valence-electron chi connectivity index (χ1n) is 4.42. The third-order valence-corrected chi connectivity index (χ3v) is 3.81. The molecule has 0 atom stereocenters. The van der Waals surface area contributed by atoms with Gasteiger partial charge in [-0.15, -0.1) is 11.3 Å². The van der Waals surface area contributed by atoms with E-state index in [0.29, 0.717) is 0 Å². The molecule has 0 aliphatic carbocycles. The highest BCUT2D eigenvalue weighted by atomic mass is 79.9. The molecule has 0 unspecified atom stereocenters. The van der Waals surface area contributed by atoms with E-state index in [4.69, 9.17) is 11.6 Å². The van der Waals surface area contributed by atoms with Crippen LogP contribution in [-0.4, -0.2) is 0 Å². The predicted molar refractivity (Wildman–Crippen MR) is 72.4 cm³/mol. The summed E-state index contributed by atoms with van der Waals surface area (Å²) in [5.41, 5.74) is 1.16. The number of thiophene rings is 1. The number of halogens is 2. The van der Waals surface area contributed by atoms with Crippen LogP contribution in [0.5, 0.6) is 0 Å². The van der Waals surface area contributed by atoms with E-state index in [-0.39, 0.29) is 0 Å². The van der Waals surface area contributed by atoms with Gasteiger partial charge in [-0.05, 0) is 45.8 Å². The lowest BCUT2D eigenvalue weighted by atomic mass is 10.2. The Morgan fingerprint density at radius 3 is 2.47 bits per heavy atom. The SMILES string of the molecule is Clc1ccc(C=Cc2cc(Br)cs2)cc1. The van der Waals surface area contributed by atoms with Crippen LogP contribution in [0.2, 0.25) is 5.02 Å². The molecule has 2 aromatic rings. The van der Waals surface area contributed by atoms with E-state index in [0.717, 1.165) is 15.1 Å². The van der Waals surface area contributed by atoms with Crippen molar-refractivity contribution in [2.45, 2.75) is 0 Å². The number of hydrogen-bond acceptors (Lipinski definition) is 1. The number of rotatable bonds is 2. The van der Waals surface area contributed by atoms with E-state index in [1.165, 1.54) is 4.88 Å². The van der Waals surface area contributed by atoms with Crippen LogP contribution in [-0.2, 0) is 0 Å². The fourth-order valence-corrected chi connectivity index (χ4v) is 2.63. The van der Waals surface area contributed by atoms with Gasteiger partial charge in [0.2, 0.25) is 0 Å². The molecule has 0 nitrogen and oxygen atoms in total. The minimum Gasteiger partial charge on any atom is -0.143 e. The summed E-state index contributed by atoms with van der Waals surface area (Å²) in [5, 5.41) is 2.84. The van der Waals surface area contributed by atoms with Crippen LogP contribution >= 0.6 is 38.9 Å². The smallest absolute Gasteiger partial charge is 0.0406 e. The lowest BCUT2D eigenvalue weighted by molar-refractivity contribution is 1.66. The third-order valence-electron chi connectivity index (χ3n) is 1.90. The molecular weight excluding hydrogens is 292 g/mol. The van der Waals surface area contributed by atoms with E-state index in [9.17, 15) is 0 Å². The second-order valence-corrected chi connectivity index (χ2v) is 5.35. The standard InChI is InChI=1S/C12H8BrClS/c13-10-7-12(15-8-10)6-3-9-1-4-11(14)5-2-9/h1-8H. The van der Waals surface area contributed by atoms with Crippen molar-refractivity contribution in [3.05, 3.63) is 55.6 Å². The molecule has 0 radical (unpaired) electrons. The molecule has 0 fully saturated rings. The zero-order valence-corrected chi connectivity index (χ0v) is 10.9. The minimum atomic E-state index is 0.769. The third kappa shape index (κ3) is 3.20. The van der Waals surface area contributed by atoms with Crippen molar-refractivity contribution in [3.63, 3.8) is 0 Å². The zero-order valence-electron chi connectivity index (χ0n) is 7.78. The average Bonchev–Trinajstić information content (AvgIpc) is 2.64. The van der Waals surface area contributed by atoms with Crippen LogP contribution < -0.4 is 0 Å². The first-order valence-corrected chi connectivity index (χ1v) is 6.47. The summed E-state index contributed by atoms with van der Waals surface area (Å²) in [6.07, 6.45) is 4.17. The topological polar surface area (TPSA) is 0 Å². The maximum absolute atomic E-state index is 5.80. The molecule has 0 bridgehead atoms. The van der Waals surface area contributed by atoms with Crippen molar-refractivity contribution in [1.82, 2.24) is 0 Å². The van der Waals surface area contributed by atoms with Gasteiger partial charge in [0.1, 0.15) is 0 Å². The van der Waals surface area contributed by atoms with Gasteiger partial charge in [-0.3, -0.25) is 0 Å². The van der Waals surface area contributed by atoms with Crippen molar-refractivity contribution >= 4 is 51.0 Å². The monoisotopic (exact) mass is 298 g/mol. The van der Waals surface area contributed by atoms with Gasteiger partial charge >= 0.3 is 0 Å². The molecule has 76 valence electrons. The molecule has 0 saturated carbocycles. The summed E-state index contributed by atoms with van der Waals surface area (Å²) < 4.78 is 1.13. The Bertz CT molecular complexity index is 471. The minimum absolute atomic E-state index is 0.769. The Balaban J connectivity index is 2.14. The molecule has 0 saturated heterocycles. The lowest BCUT2D eigenvalue weighted by Gasteiger charge is -1.92. The van der Waals surface area contributed by atoms with Gasteiger partial charge in [-0.2, -0.15) is 0 Å². The summed E-state index contributed by atoms with van der Waals surface area (Å²) in [6.45, 7) is 0. The fraction of sp³-hybridized carbons (Fsp3) is 0. The van der Waals surface area contributed by atoms with E-state index < -0.39 is 0 Å². The van der Waals surface area contributed by atoms with E-state index in [2.05, 4.69) is 39.5 Å². The van der Waals surface area contributed by atoms with Gasteiger partial charge in [0.05, 0.1) is 0 Å². The van der Waals surface area contributed by atoms with Gasteiger partial charge in [-0.25, -0.2) is 0 Å². The summed E-state index contributed by atoms with van der Waals surface area (Å²) >= 11 is 10.9. The van der Waals surface area contributed by atoms with Crippen molar-refractivity contribution < 1.29 is 0 Å². The van der Waals surface area contributed by atoms with Gasteiger partial charge in [-0.1, -0.05) is 29.8 Å². The van der Waals surface area contributed by atoms with E-state index in [1.807, 2.05) is 24.3 Å². The zero-order chi connectivity index (χ0) is 10.7. The molecule has 15 heavy (non-hydrogen) atoms. The number of hydrogen-bond donors (Lipinski definition) is 0. The van der Waals surface area contributed by atoms with Crippen molar-refractivity contribution in [2.75, 3.05) is 0 Å². The van der Waals surface area contributed by atoms with E-state index >= 15 is 0 Å². The fourth-order valence-electron chi connectivity index (χ4n) is 1.17. The van der Waals surface area contributed by atoms with Crippen LogP contribution in [0.15, 0.2) is 40.2 Å². The molecule has 0 aliphatic rings. The summed E-state index contributed by atoms with van der Waals surface area (Å²) in [5.74, 6) is 0. The number of benzene rings is 1.